The largest absolute Gasteiger partial charge is 0.496 e. The Kier molecular flexibility index (Phi) is 4.77. The van der Waals surface area contributed by atoms with E-state index in [1.807, 2.05) is 25.1 Å². The van der Waals surface area contributed by atoms with Crippen molar-refractivity contribution in [1.29, 1.82) is 0 Å². The first-order valence-corrected chi connectivity index (χ1v) is 6.54. The summed E-state index contributed by atoms with van der Waals surface area (Å²) in [6.07, 6.45) is 0. The van der Waals surface area contributed by atoms with Crippen LogP contribution in [0.2, 0.25) is 0 Å². The van der Waals surface area contributed by atoms with Gasteiger partial charge in [-0.05, 0) is 36.8 Å². The van der Waals surface area contributed by atoms with Gasteiger partial charge < -0.3 is 9.47 Å². The molecule has 0 aliphatic heterocycles. The van der Waals surface area contributed by atoms with Crippen LogP contribution in [0.3, 0.4) is 0 Å². The number of halogens is 1. The Labute approximate surface area is 123 Å². The summed E-state index contributed by atoms with van der Waals surface area (Å²) in [6, 6.07) is 9.66. The van der Waals surface area contributed by atoms with Crippen LogP contribution in [0.4, 0.5) is 4.39 Å². The zero-order valence-corrected chi connectivity index (χ0v) is 12.3. The number of hydrogen-bond acceptors (Lipinski definition) is 4. The number of rotatable bonds is 5. The van der Waals surface area contributed by atoms with Crippen LogP contribution in [0.5, 0.6) is 11.5 Å². The Balaban J connectivity index is 2.57. The number of benzene rings is 2. The van der Waals surface area contributed by atoms with Gasteiger partial charge in [-0.25, -0.2) is 9.82 Å². The lowest BCUT2D eigenvalue weighted by Crippen LogP contribution is -2.29. The monoisotopic (exact) mass is 290 g/mol. The summed E-state index contributed by atoms with van der Waals surface area (Å²) in [5.74, 6) is 6.58. The van der Waals surface area contributed by atoms with Crippen molar-refractivity contribution in [3.63, 3.8) is 0 Å². The van der Waals surface area contributed by atoms with Crippen LogP contribution in [-0.4, -0.2) is 14.2 Å². The van der Waals surface area contributed by atoms with Crippen molar-refractivity contribution in [2.75, 3.05) is 14.2 Å². The predicted molar refractivity (Wildman–Crippen MR) is 79.8 cm³/mol. The van der Waals surface area contributed by atoms with Crippen LogP contribution in [0, 0.1) is 12.7 Å². The number of ether oxygens (including phenoxy) is 2. The van der Waals surface area contributed by atoms with E-state index >= 15 is 0 Å². The molecule has 5 heteroatoms. The first-order valence-electron chi connectivity index (χ1n) is 6.54. The Morgan fingerprint density at radius 3 is 2.33 bits per heavy atom. The molecule has 1 unspecified atom stereocenters. The van der Waals surface area contributed by atoms with E-state index in [2.05, 4.69) is 5.43 Å². The summed E-state index contributed by atoms with van der Waals surface area (Å²) in [6.45, 7) is 1.97. The Morgan fingerprint density at radius 2 is 1.71 bits per heavy atom. The fraction of sp³-hybridized carbons (Fsp3) is 0.250. The van der Waals surface area contributed by atoms with Crippen molar-refractivity contribution >= 4 is 0 Å². The van der Waals surface area contributed by atoms with E-state index in [1.165, 1.54) is 19.2 Å². The molecule has 4 nitrogen and oxygen atoms in total. The highest BCUT2D eigenvalue weighted by molar-refractivity contribution is 5.47. The van der Waals surface area contributed by atoms with E-state index in [1.54, 1.807) is 13.2 Å². The molecule has 0 spiro atoms. The zero-order chi connectivity index (χ0) is 15.4. The maximum Gasteiger partial charge on any atom is 0.124 e. The lowest BCUT2D eigenvalue weighted by molar-refractivity contribution is 0.392. The number of hydrogen-bond donors (Lipinski definition) is 2. The first-order chi connectivity index (χ1) is 10.1. The third kappa shape index (κ3) is 3.15. The third-order valence-corrected chi connectivity index (χ3v) is 3.37. The first kappa shape index (κ1) is 15.3. The van der Waals surface area contributed by atoms with Crippen LogP contribution in [0.15, 0.2) is 36.4 Å². The molecule has 0 aliphatic carbocycles. The molecule has 0 fully saturated rings. The number of nitrogens with one attached hydrogen (secondary N) is 1. The van der Waals surface area contributed by atoms with Crippen LogP contribution in [-0.2, 0) is 0 Å². The predicted octanol–water partition coefficient (Wildman–Crippen LogP) is 2.70. The molecule has 2 rings (SSSR count). The maximum atomic E-state index is 13.6. The van der Waals surface area contributed by atoms with Crippen molar-refractivity contribution in [1.82, 2.24) is 5.43 Å². The highest BCUT2D eigenvalue weighted by atomic mass is 19.1. The summed E-state index contributed by atoms with van der Waals surface area (Å²) >= 11 is 0. The fourth-order valence-electron chi connectivity index (χ4n) is 2.33. The van der Waals surface area contributed by atoms with E-state index in [4.69, 9.17) is 15.3 Å². The molecular formula is C16H19FN2O2. The summed E-state index contributed by atoms with van der Waals surface area (Å²) in [4.78, 5) is 0. The van der Waals surface area contributed by atoms with Gasteiger partial charge in [0.1, 0.15) is 17.3 Å². The van der Waals surface area contributed by atoms with E-state index in [0.29, 0.717) is 17.1 Å². The van der Waals surface area contributed by atoms with Gasteiger partial charge in [0.25, 0.3) is 0 Å². The average Bonchev–Trinajstić information content (AvgIpc) is 2.49. The van der Waals surface area contributed by atoms with Crippen molar-refractivity contribution in [2.45, 2.75) is 13.0 Å². The second kappa shape index (κ2) is 6.56. The smallest absolute Gasteiger partial charge is 0.124 e. The molecule has 0 radical (unpaired) electrons. The molecule has 0 saturated heterocycles. The molecule has 3 N–H and O–H groups in total. The minimum Gasteiger partial charge on any atom is -0.496 e. The van der Waals surface area contributed by atoms with Crippen LogP contribution >= 0.6 is 0 Å². The number of aryl methyl sites for hydroxylation is 1. The van der Waals surface area contributed by atoms with Crippen molar-refractivity contribution in [3.05, 3.63) is 58.9 Å². The highest BCUT2D eigenvalue weighted by Gasteiger charge is 2.21. The van der Waals surface area contributed by atoms with Crippen molar-refractivity contribution < 1.29 is 13.9 Å². The molecule has 1 atom stereocenters. The fourth-order valence-corrected chi connectivity index (χ4v) is 2.33. The van der Waals surface area contributed by atoms with E-state index in [9.17, 15) is 4.39 Å². The van der Waals surface area contributed by atoms with Gasteiger partial charge >= 0.3 is 0 Å². The molecule has 0 saturated carbocycles. The van der Waals surface area contributed by atoms with Gasteiger partial charge in [-0.2, -0.15) is 0 Å². The molecule has 112 valence electrons. The lowest BCUT2D eigenvalue weighted by atomic mass is 9.96. The number of hydrazine groups is 1. The van der Waals surface area contributed by atoms with Gasteiger partial charge in [-0.3, -0.25) is 5.84 Å². The molecule has 0 amide bonds. The number of methoxy groups -OCH3 is 2. The Hall–Kier alpha value is -2.11. The van der Waals surface area contributed by atoms with Gasteiger partial charge in [0, 0.05) is 11.1 Å². The Morgan fingerprint density at radius 1 is 1.00 bits per heavy atom. The molecular weight excluding hydrogens is 271 g/mol. The molecule has 0 bridgehead atoms. The second-order valence-corrected chi connectivity index (χ2v) is 4.73. The summed E-state index contributed by atoms with van der Waals surface area (Å²) in [5, 5.41) is 0. The number of nitrogens with two attached hydrogens (primary N) is 1. The molecule has 2 aromatic rings. The zero-order valence-electron chi connectivity index (χ0n) is 12.3. The highest BCUT2D eigenvalue weighted by Crippen LogP contribution is 2.35. The van der Waals surface area contributed by atoms with Gasteiger partial charge in [-0.1, -0.05) is 12.1 Å². The van der Waals surface area contributed by atoms with E-state index in [0.717, 1.165) is 11.1 Å². The van der Waals surface area contributed by atoms with Crippen LogP contribution < -0.4 is 20.7 Å². The topological polar surface area (TPSA) is 56.5 Å². The Bertz CT molecular complexity index is 632. The van der Waals surface area contributed by atoms with Gasteiger partial charge in [0.05, 0.1) is 20.3 Å². The lowest BCUT2D eigenvalue weighted by Gasteiger charge is -2.22. The van der Waals surface area contributed by atoms with E-state index < -0.39 is 6.04 Å². The molecule has 0 aliphatic rings. The summed E-state index contributed by atoms with van der Waals surface area (Å²) in [5.41, 5.74) is 5.20. The van der Waals surface area contributed by atoms with Crippen molar-refractivity contribution in [3.8, 4) is 11.5 Å². The van der Waals surface area contributed by atoms with E-state index in [-0.39, 0.29) is 5.82 Å². The molecule has 0 aromatic heterocycles. The average molecular weight is 290 g/mol. The van der Waals surface area contributed by atoms with Crippen LogP contribution in [0.25, 0.3) is 0 Å². The minimum absolute atomic E-state index is 0.350. The molecule has 0 heterocycles. The normalized spacial score (nSPS) is 12.0. The van der Waals surface area contributed by atoms with Crippen LogP contribution in [0.1, 0.15) is 22.7 Å². The second-order valence-electron chi connectivity index (χ2n) is 4.73. The SMILES string of the molecule is COc1cc(C)ccc1C(NN)c1cc(F)ccc1OC. The minimum atomic E-state index is -0.439. The van der Waals surface area contributed by atoms with Gasteiger partial charge in [-0.15, -0.1) is 0 Å². The summed E-state index contributed by atoms with van der Waals surface area (Å²) < 4.78 is 24.3. The van der Waals surface area contributed by atoms with Crippen molar-refractivity contribution in [2.24, 2.45) is 5.84 Å². The molecule has 2 aromatic carbocycles. The molecule has 21 heavy (non-hydrogen) atoms. The standard InChI is InChI=1S/C16H19FN2O2/c1-10-4-6-12(15(8-10)21-3)16(19-18)13-9-11(17)5-7-14(13)20-2/h4-9,16,19H,18H2,1-3H3. The summed E-state index contributed by atoms with van der Waals surface area (Å²) in [7, 11) is 3.13. The third-order valence-electron chi connectivity index (χ3n) is 3.37. The van der Waals surface area contributed by atoms with Gasteiger partial charge in [0.15, 0.2) is 0 Å². The van der Waals surface area contributed by atoms with Gasteiger partial charge in [0.2, 0.25) is 0 Å². The maximum absolute atomic E-state index is 13.6. The quantitative estimate of drug-likeness (QED) is 0.656.